The molecule has 11 atom stereocenters. The molecule has 1 aromatic heterocycles. The van der Waals surface area contributed by atoms with Crippen LogP contribution in [0.15, 0.2) is 17.1 Å². The molecule has 2 aliphatic heterocycles. The topological polar surface area (TPSA) is 294 Å². The van der Waals surface area contributed by atoms with Crippen molar-refractivity contribution >= 4 is 19.6 Å². The maximum Gasteiger partial charge on any atom is 0.475 e. The molecule has 0 spiro atoms. The molecule has 216 valence electrons. The number of carbonyl (C=O) groups is 1. The molecule has 3 heterocycles. The number of hydrogen-bond acceptors (Lipinski definition) is 15. The van der Waals surface area contributed by atoms with Crippen LogP contribution < -0.4 is 11.4 Å². The summed E-state index contributed by atoms with van der Waals surface area (Å²) < 4.78 is 33.7. The SMILES string of the molecule is C[C@H]1C([C@H](O)[C@H](O)CO)OC(OP(=O)(O)OC[C@H]2O[C@@H](n3ccc(N)nc3=O)C(O)[C@H]2O)(C(=O)O)C[C@H]1O. The van der Waals surface area contributed by atoms with Gasteiger partial charge in [-0.15, -0.1) is 0 Å². The van der Waals surface area contributed by atoms with E-state index >= 15 is 0 Å². The highest BCUT2D eigenvalue weighted by atomic mass is 31.2. The Labute approximate surface area is 214 Å². The molecule has 0 radical (unpaired) electrons. The molecular weight excluding hydrogens is 541 g/mol. The van der Waals surface area contributed by atoms with E-state index in [1.807, 2.05) is 0 Å². The Kier molecular flexibility index (Phi) is 9.29. The number of carboxylic acids is 1. The van der Waals surface area contributed by atoms with Crippen molar-refractivity contribution in [3.05, 3.63) is 22.7 Å². The third kappa shape index (κ3) is 6.22. The molecular formula is C19H30N3O15P. The van der Waals surface area contributed by atoms with E-state index < -0.39 is 99.8 Å². The van der Waals surface area contributed by atoms with Crippen molar-refractivity contribution in [3.8, 4) is 0 Å². The van der Waals surface area contributed by atoms with Crippen molar-refractivity contribution in [1.82, 2.24) is 9.55 Å². The molecule has 0 amide bonds. The standard InChI is InChI=1S/C19H30N3O15P/c1-7-8(24)4-19(17(29)30,36-15(7)12(26)9(25)5-23)37-38(32,33)34-6-10-13(27)14(28)16(35-10)22-3-2-11(20)21-18(22)31/h2-3,7-10,12-16,23-28H,4-6H2,1H3,(H,29,30)(H,32,33)(H2,20,21,31)/t7-,8-,9-,10-,12-,13+,14?,15?,16-,19?/m1/s1. The van der Waals surface area contributed by atoms with Crippen LogP contribution in [0, 0.1) is 5.92 Å². The molecule has 0 aromatic carbocycles. The van der Waals surface area contributed by atoms with Crippen LogP contribution in [0.3, 0.4) is 0 Å². The van der Waals surface area contributed by atoms with Gasteiger partial charge >= 0.3 is 19.5 Å². The zero-order valence-corrected chi connectivity index (χ0v) is 20.7. The highest BCUT2D eigenvalue weighted by Crippen LogP contribution is 2.52. The molecule has 3 rings (SSSR count). The molecule has 18 nitrogen and oxygen atoms in total. The van der Waals surface area contributed by atoms with E-state index in [4.69, 9.17) is 29.4 Å². The fourth-order valence-corrected chi connectivity index (χ4v) is 5.05. The molecule has 0 bridgehead atoms. The highest BCUT2D eigenvalue weighted by molar-refractivity contribution is 7.47. The molecule has 0 saturated carbocycles. The number of hydrogen-bond donors (Lipinski definition) is 9. The number of nitrogens with zero attached hydrogens (tertiary/aromatic N) is 2. The van der Waals surface area contributed by atoms with Gasteiger partial charge in [0.1, 0.15) is 36.3 Å². The lowest BCUT2D eigenvalue weighted by Crippen LogP contribution is -2.61. The molecule has 1 aromatic rings. The van der Waals surface area contributed by atoms with E-state index in [1.165, 1.54) is 13.0 Å². The Morgan fingerprint density at radius 3 is 2.58 bits per heavy atom. The van der Waals surface area contributed by atoms with E-state index in [9.17, 15) is 49.7 Å². The van der Waals surface area contributed by atoms with Crippen LogP contribution >= 0.6 is 7.82 Å². The number of phosphoric acid groups is 1. The fraction of sp³-hybridized carbons (Fsp3) is 0.737. The smallest absolute Gasteiger partial charge is 0.475 e. The van der Waals surface area contributed by atoms with Crippen LogP contribution in [0.4, 0.5) is 5.82 Å². The molecule has 2 aliphatic rings. The summed E-state index contributed by atoms with van der Waals surface area (Å²) in [6, 6.07) is 1.22. The van der Waals surface area contributed by atoms with Gasteiger partial charge in [0.05, 0.1) is 25.4 Å². The Morgan fingerprint density at radius 1 is 1.34 bits per heavy atom. The third-order valence-electron chi connectivity index (χ3n) is 6.30. The van der Waals surface area contributed by atoms with Gasteiger partial charge in [-0.2, -0.15) is 4.98 Å². The second-order valence-corrected chi connectivity index (χ2v) is 10.3. The molecule has 2 fully saturated rings. The van der Waals surface area contributed by atoms with Crippen molar-refractivity contribution < 1.29 is 68.5 Å². The number of aliphatic carboxylic acids is 1. The van der Waals surface area contributed by atoms with Gasteiger partial charge in [-0.05, 0) is 6.07 Å². The molecule has 0 aliphatic carbocycles. The minimum absolute atomic E-state index is 0.116. The average Bonchev–Trinajstić information content (AvgIpc) is 3.12. The van der Waals surface area contributed by atoms with E-state index in [1.54, 1.807) is 0 Å². The van der Waals surface area contributed by atoms with Crippen LogP contribution in [0.5, 0.6) is 0 Å². The number of aliphatic hydroxyl groups is 6. The van der Waals surface area contributed by atoms with Crippen molar-refractivity contribution in [3.63, 3.8) is 0 Å². The number of aromatic nitrogens is 2. The summed E-state index contributed by atoms with van der Waals surface area (Å²) in [6.45, 7) is -0.559. The molecule has 2 saturated heterocycles. The van der Waals surface area contributed by atoms with E-state index in [2.05, 4.69) is 4.98 Å². The third-order valence-corrected chi connectivity index (χ3v) is 7.30. The van der Waals surface area contributed by atoms with Gasteiger partial charge in [-0.25, -0.2) is 18.7 Å². The predicted octanol–water partition coefficient (Wildman–Crippen LogP) is -4.14. The van der Waals surface area contributed by atoms with Crippen molar-refractivity contribution in [2.24, 2.45) is 5.92 Å². The second-order valence-electron chi connectivity index (χ2n) is 8.96. The second kappa shape index (κ2) is 11.6. The lowest BCUT2D eigenvalue weighted by atomic mass is 9.85. The number of carboxylic acid groups (broad SMARTS) is 1. The molecule has 38 heavy (non-hydrogen) atoms. The minimum Gasteiger partial charge on any atom is -0.477 e. The average molecular weight is 571 g/mol. The van der Waals surface area contributed by atoms with Crippen LogP contribution in [0.25, 0.3) is 0 Å². The minimum atomic E-state index is -5.40. The predicted molar refractivity (Wildman–Crippen MR) is 120 cm³/mol. The van der Waals surface area contributed by atoms with Gasteiger partial charge in [0, 0.05) is 18.5 Å². The maximum atomic E-state index is 12.7. The van der Waals surface area contributed by atoms with E-state index in [0.29, 0.717) is 0 Å². The van der Waals surface area contributed by atoms with Crippen LogP contribution in [-0.4, -0.2) is 118 Å². The van der Waals surface area contributed by atoms with Gasteiger partial charge in [-0.3, -0.25) is 9.09 Å². The lowest BCUT2D eigenvalue weighted by Gasteiger charge is -2.45. The number of rotatable bonds is 10. The zero-order chi connectivity index (χ0) is 28.6. The van der Waals surface area contributed by atoms with Crippen molar-refractivity contribution in [2.45, 2.75) is 68.1 Å². The maximum absolute atomic E-state index is 12.7. The Morgan fingerprint density at radius 2 is 2.00 bits per heavy atom. The quantitative estimate of drug-likeness (QED) is 0.120. The summed E-state index contributed by atoms with van der Waals surface area (Å²) in [6.07, 6.45) is -13.2. The Balaban J connectivity index is 1.74. The number of phosphoric ester groups is 1. The van der Waals surface area contributed by atoms with Crippen LogP contribution in [0.1, 0.15) is 19.6 Å². The summed E-state index contributed by atoms with van der Waals surface area (Å²) in [4.78, 5) is 37.8. The summed E-state index contributed by atoms with van der Waals surface area (Å²) >= 11 is 0. The van der Waals surface area contributed by atoms with Crippen LogP contribution in [-0.2, 0) is 27.9 Å². The van der Waals surface area contributed by atoms with Gasteiger partial charge < -0.3 is 55.8 Å². The summed E-state index contributed by atoms with van der Waals surface area (Å²) in [7, 11) is -5.40. The van der Waals surface area contributed by atoms with Crippen LogP contribution in [0.2, 0.25) is 0 Å². The monoisotopic (exact) mass is 571 g/mol. The Bertz CT molecular complexity index is 1110. The van der Waals surface area contributed by atoms with Gasteiger partial charge in [-0.1, -0.05) is 6.92 Å². The number of ether oxygens (including phenoxy) is 2. The van der Waals surface area contributed by atoms with Gasteiger partial charge in [0.25, 0.3) is 5.79 Å². The van der Waals surface area contributed by atoms with E-state index in [0.717, 1.165) is 10.8 Å². The normalized spacial score (nSPS) is 36.9. The van der Waals surface area contributed by atoms with Crippen molar-refractivity contribution in [1.29, 1.82) is 0 Å². The van der Waals surface area contributed by atoms with Gasteiger partial charge in [0.2, 0.25) is 0 Å². The first-order chi connectivity index (χ1) is 17.6. The summed E-state index contributed by atoms with van der Waals surface area (Å²) in [5, 5.41) is 69.7. The van der Waals surface area contributed by atoms with Gasteiger partial charge in [0.15, 0.2) is 6.23 Å². The number of nitrogen functional groups attached to an aromatic ring is 1. The summed E-state index contributed by atoms with van der Waals surface area (Å²) in [5.74, 6) is -6.15. The first kappa shape index (κ1) is 30.5. The Hall–Kier alpha value is -2.06. The molecule has 4 unspecified atom stereocenters. The first-order valence-corrected chi connectivity index (χ1v) is 12.7. The van der Waals surface area contributed by atoms with E-state index in [-0.39, 0.29) is 5.82 Å². The molecule has 10 N–H and O–H groups in total. The number of nitrogens with two attached hydrogens (primary N) is 1. The zero-order valence-electron chi connectivity index (χ0n) is 19.8. The fourth-order valence-electron chi connectivity index (χ4n) is 4.10. The van der Waals surface area contributed by atoms with Crippen molar-refractivity contribution in [2.75, 3.05) is 18.9 Å². The molecule has 19 heteroatoms. The number of anilines is 1. The highest BCUT2D eigenvalue weighted by Gasteiger charge is 2.57. The largest absolute Gasteiger partial charge is 0.477 e. The lowest BCUT2D eigenvalue weighted by molar-refractivity contribution is -0.296. The summed E-state index contributed by atoms with van der Waals surface area (Å²) in [5.41, 5.74) is 4.48. The number of aliphatic hydroxyl groups excluding tert-OH is 6. The first-order valence-electron chi connectivity index (χ1n) is 11.2.